The van der Waals surface area contributed by atoms with Gasteiger partial charge in [0.2, 0.25) is 0 Å². The minimum absolute atomic E-state index is 0.0864. The lowest BCUT2D eigenvalue weighted by Crippen LogP contribution is -2.40. The van der Waals surface area contributed by atoms with Gasteiger partial charge in [0.1, 0.15) is 0 Å². The summed E-state index contributed by atoms with van der Waals surface area (Å²) in [4.78, 5) is 12.6. The number of methoxy groups -OCH3 is 2. The third-order valence-electron chi connectivity index (χ3n) is 4.29. The monoisotopic (exact) mass is 318 g/mol. The van der Waals surface area contributed by atoms with Crippen LogP contribution in [0.1, 0.15) is 41.6 Å². The Morgan fingerprint density at radius 3 is 2.57 bits per heavy atom. The molecule has 0 saturated heterocycles. The molecule has 23 heavy (non-hydrogen) atoms. The molecule has 0 radical (unpaired) electrons. The van der Waals surface area contributed by atoms with Crippen LogP contribution in [0.15, 0.2) is 24.8 Å². The lowest BCUT2D eigenvalue weighted by Gasteiger charge is -2.27. The maximum atomic E-state index is 12.6. The SMILES string of the molecule is C=CCc1cc(C(=O)NC2CCC(N)CC2)cc(OC)c1OC. The number of rotatable bonds is 6. The number of carbonyl (C=O) groups excluding carboxylic acids is 1. The summed E-state index contributed by atoms with van der Waals surface area (Å²) in [6.45, 7) is 3.75. The van der Waals surface area contributed by atoms with E-state index in [1.165, 1.54) is 0 Å². The first-order valence-electron chi connectivity index (χ1n) is 8.01. The second kappa shape index (κ2) is 8.02. The molecule has 1 aliphatic carbocycles. The Labute approximate surface area is 137 Å². The summed E-state index contributed by atoms with van der Waals surface area (Å²) in [5.41, 5.74) is 7.37. The molecule has 0 atom stereocenters. The van der Waals surface area contributed by atoms with Crippen LogP contribution in [0.25, 0.3) is 0 Å². The molecule has 1 amide bonds. The molecule has 2 rings (SSSR count). The minimum atomic E-state index is -0.0864. The number of amides is 1. The fourth-order valence-corrected chi connectivity index (χ4v) is 3.01. The van der Waals surface area contributed by atoms with Gasteiger partial charge in [-0.05, 0) is 44.2 Å². The molecule has 5 nitrogen and oxygen atoms in total. The molecule has 0 heterocycles. The van der Waals surface area contributed by atoms with Gasteiger partial charge in [0.05, 0.1) is 14.2 Å². The van der Waals surface area contributed by atoms with Gasteiger partial charge in [-0.2, -0.15) is 0 Å². The molecule has 0 unspecified atom stereocenters. The van der Waals surface area contributed by atoms with Crippen LogP contribution >= 0.6 is 0 Å². The van der Waals surface area contributed by atoms with Crippen molar-refractivity contribution in [1.82, 2.24) is 5.32 Å². The molecule has 1 fully saturated rings. The molecule has 126 valence electrons. The number of allylic oxidation sites excluding steroid dienone is 1. The van der Waals surface area contributed by atoms with Crippen molar-refractivity contribution in [2.24, 2.45) is 5.73 Å². The maximum Gasteiger partial charge on any atom is 0.251 e. The standard InChI is InChI=1S/C18H26N2O3/c1-4-5-12-10-13(11-16(22-2)17(12)23-3)18(21)20-15-8-6-14(19)7-9-15/h4,10-11,14-15H,1,5-9,19H2,2-3H3,(H,20,21). The van der Waals surface area contributed by atoms with E-state index in [9.17, 15) is 4.79 Å². The van der Waals surface area contributed by atoms with Crippen LogP contribution in [0.5, 0.6) is 11.5 Å². The van der Waals surface area contributed by atoms with Gasteiger partial charge in [0.25, 0.3) is 5.91 Å². The number of nitrogens with two attached hydrogens (primary N) is 1. The van der Waals surface area contributed by atoms with Crippen molar-refractivity contribution in [2.45, 2.75) is 44.2 Å². The zero-order valence-electron chi connectivity index (χ0n) is 13.9. The zero-order valence-corrected chi connectivity index (χ0v) is 13.9. The smallest absolute Gasteiger partial charge is 0.251 e. The van der Waals surface area contributed by atoms with Crippen LogP contribution < -0.4 is 20.5 Å². The highest BCUT2D eigenvalue weighted by atomic mass is 16.5. The Bertz CT molecular complexity index is 564. The molecule has 5 heteroatoms. The van der Waals surface area contributed by atoms with E-state index in [0.29, 0.717) is 23.5 Å². The first-order valence-corrected chi connectivity index (χ1v) is 8.01. The fourth-order valence-electron chi connectivity index (χ4n) is 3.01. The van der Waals surface area contributed by atoms with Crippen molar-refractivity contribution in [3.63, 3.8) is 0 Å². The van der Waals surface area contributed by atoms with E-state index in [-0.39, 0.29) is 18.0 Å². The highest BCUT2D eigenvalue weighted by molar-refractivity contribution is 5.95. The third kappa shape index (κ3) is 4.26. The maximum absolute atomic E-state index is 12.6. The van der Waals surface area contributed by atoms with Gasteiger partial charge < -0.3 is 20.5 Å². The summed E-state index contributed by atoms with van der Waals surface area (Å²) < 4.78 is 10.8. The molecule has 1 aliphatic rings. The molecule has 0 aliphatic heterocycles. The molecule has 0 spiro atoms. The summed E-state index contributed by atoms with van der Waals surface area (Å²) in [5.74, 6) is 1.12. The average Bonchev–Trinajstić information content (AvgIpc) is 2.56. The van der Waals surface area contributed by atoms with Crippen LogP contribution in [0, 0.1) is 0 Å². The Morgan fingerprint density at radius 2 is 2.00 bits per heavy atom. The molecule has 0 bridgehead atoms. The number of hydrogen-bond donors (Lipinski definition) is 2. The summed E-state index contributed by atoms with van der Waals surface area (Å²) in [5, 5.41) is 3.10. The lowest BCUT2D eigenvalue weighted by molar-refractivity contribution is 0.0925. The number of nitrogens with one attached hydrogen (secondary N) is 1. The van der Waals surface area contributed by atoms with Crippen molar-refractivity contribution < 1.29 is 14.3 Å². The molecule has 1 aromatic carbocycles. The van der Waals surface area contributed by atoms with E-state index in [2.05, 4.69) is 11.9 Å². The topological polar surface area (TPSA) is 73.6 Å². The molecule has 0 aromatic heterocycles. The summed E-state index contributed by atoms with van der Waals surface area (Å²) >= 11 is 0. The second-order valence-corrected chi connectivity index (χ2v) is 5.95. The van der Waals surface area contributed by atoms with Crippen LogP contribution in [0.2, 0.25) is 0 Å². The van der Waals surface area contributed by atoms with Crippen LogP contribution in [0.3, 0.4) is 0 Å². The number of benzene rings is 1. The van der Waals surface area contributed by atoms with E-state index >= 15 is 0 Å². The zero-order chi connectivity index (χ0) is 16.8. The third-order valence-corrected chi connectivity index (χ3v) is 4.29. The van der Waals surface area contributed by atoms with E-state index in [0.717, 1.165) is 31.2 Å². The highest BCUT2D eigenvalue weighted by Gasteiger charge is 2.22. The van der Waals surface area contributed by atoms with Gasteiger partial charge >= 0.3 is 0 Å². The van der Waals surface area contributed by atoms with Gasteiger partial charge in [-0.3, -0.25) is 4.79 Å². The van der Waals surface area contributed by atoms with Crippen molar-refractivity contribution in [3.05, 3.63) is 35.9 Å². The molecule has 1 aromatic rings. The van der Waals surface area contributed by atoms with E-state index in [1.54, 1.807) is 26.4 Å². The van der Waals surface area contributed by atoms with Gasteiger partial charge in [0, 0.05) is 23.2 Å². The Kier molecular flexibility index (Phi) is 6.04. The molecular formula is C18H26N2O3. The number of hydrogen-bond acceptors (Lipinski definition) is 4. The quantitative estimate of drug-likeness (QED) is 0.790. The number of ether oxygens (including phenoxy) is 2. The van der Waals surface area contributed by atoms with Crippen molar-refractivity contribution >= 4 is 5.91 Å². The van der Waals surface area contributed by atoms with E-state index in [1.807, 2.05) is 6.07 Å². The minimum Gasteiger partial charge on any atom is -0.493 e. The van der Waals surface area contributed by atoms with Crippen LogP contribution in [-0.4, -0.2) is 32.2 Å². The first-order chi connectivity index (χ1) is 11.1. The predicted octanol–water partition coefficient (Wildman–Crippen LogP) is 2.43. The van der Waals surface area contributed by atoms with E-state index < -0.39 is 0 Å². The second-order valence-electron chi connectivity index (χ2n) is 5.95. The summed E-state index contributed by atoms with van der Waals surface area (Å²) in [7, 11) is 3.16. The van der Waals surface area contributed by atoms with Crippen molar-refractivity contribution in [2.75, 3.05) is 14.2 Å². The lowest BCUT2D eigenvalue weighted by atomic mass is 9.91. The highest BCUT2D eigenvalue weighted by Crippen LogP contribution is 2.33. The molecule has 3 N–H and O–H groups in total. The van der Waals surface area contributed by atoms with Crippen LogP contribution in [-0.2, 0) is 6.42 Å². The normalized spacial score (nSPS) is 20.7. The Hall–Kier alpha value is -2.01. The predicted molar refractivity (Wildman–Crippen MR) is 91.1 cm³/mol. The fraction of sp³-hybridized carbons (Fsp3) is 0.500. The first kappa shape index (κ1) is 17.3. The van der Waals surface area contributed by atoms with Gasteiger partial charge in [0.15, 0.2) is 11.5 Å². The van der Waals surface area contributed by atoms with Gasteiger partial charge in [-0.15, -0.1) is 6.58 Å². The van der Waals surface area contributed by atoms with E-state index in [4.69, 9.17) is 15.2 Å². The number of carbonyl (C=O) groups is 1. The average molecular weight is 318 g/mol. The largest absolute Gasteiger partial charge is 0.493 e. The summed E-state index contributed by atoms with van der Waals surface area (Å²) in [6.07, 6.45) is 6.16. The molecular weight excluding hydrogens is 292 g/mol. The Balaban J connectivity index is 2.19. The van der Waals surface area contributed by atoms with Crippen LogP contribution in [0.4, 0.5) is 0 Å². The summed E-state index contributed by atoms with van der Waals surface area (Å²) in [6, 6.07) is 4.02. The van der Waals surface area contributed by atoms with Crippen molar-refractivity contribution in [1.29, 1.82) is 0 Å². The van der Waals surface area contributed by atoms with Gasteiger partial charge in [-0.25, -0.2) is 0 Å². The van der Waals surface area contributed by atoms with Gasteiger partial charge in [-0.1, -0.05) is 6.08 Å². The van der Waals surface area contributed by atoms with Crippen molar-refractivity contribution in [3.8, 4) is 11.5 Å². The molecule has 1 saturated carbocycles. The Morgan fingerprint density at radius 1 is 1.30 bits per heavy atom.